The molecular weight excluding hydrogens is 409 g/mol. The van der Waals surface area contributed by atoms with E-state index in [0.717, 1.165) is 50.5 Å². The van der Waals surface area contributed by atoms with E-state index in [-0.39, 0.29) is 11.1 Å². The van der Waals surface area contributed by atoms with Gasteiger partial charge in [0.15, 0.2) is 5.82 Å². The number of aromatic nitrogens is 5. The SMILES string of the molecule is CC(C)(C)n1nnnc1C1(N2CCN(c3c(Cl)cncc3Cl)CC2)CCCCC1. The van der Waals surface area contributed by atoms with Gasteiger partial charge in [-0.1, -0.05) is 42.5 Å². The number of nitrogens with zero attached hydrogens (tertiary/aromatic N) is 7. The fourth-order valence-corrected chi connectivity index (χ4v) is 5.42. The Balaban J connectivity index is 1.61. The van der Waals surface area contributed by atoms with Gasteiger partial charge in [0.05, 0.1) is 26.8 Å². The van der Waals surface area contributed by atoms with Crippen LogP contribution in [0.25, 0.3) is 0 Å². The van der Waals surface area contributed by atoms with E-state index >= 15 is 0 Å². The predicted molar refractivity (Wildman–Crippen MR) is 116 cm³/mol. The van der Waals surface area contributed by atoms with Gasteiger partial charge in [-0.15, -0.1) is 5.10 Å². The van der Waals surface area contributed by atoms with Crippen molar-refractivity contribution in [3.63, 3.8) is 0 Å². The fraction of sp³-hybridized carbons (Fsp3) is 0.700. The number of hydrogen-bond acceptors (Lipinski definition) is 6. The lowest BCUT2D eigenvalue weighted by Gasteiger charge is -2.49. The lowest BCUT2D eigenvalue weighted by atomic mass is 9.78. The van der Waals surface area contributed by atoms with Gasteiger partial charge in [0.2, 0.25) is 0 Å². The van der Waals surface area contributed by atoms with Crippen LogP contribution < -0.4 is 4.90 Å². The fourth-order valence-electron chi connectivity index (χ4n) is 4.81. The minimum Gasteiger partial charge on any atom is -0.366 e. The summed E-state index contributed by atoms with van der Waals surface area (Å²) in [5, 5.41) is 14.2. The van der Waals surface area contributed by atoms with E-state index in [1.165, 1.54) is 19.3 Å². The smallest absolute Gasteiger partial charge is 0.172 e. The van der Waals surface area contributed by atoms with Crippen LogP contribution in [-0.4, -0.2) is 56.3 Å². The third-order valence-electron chi connectivity index (χ3n) is 6.23. The van der Waals surface area contributed by atoms with Gasteiger partial charge < -0.3 is 4.90 Å². The van der Waals surface area contributed by atoms with Gasteiger partial charge in [-0.25, -0.2) is 4.68 Å². The largest absolute Gasteiger partial charge is 0.366 e. The van der Waals surface area contributed by atoms with Crippen molar-refractivity contribution < 1.29 is 0 Å². The molecule has 3 heterocycles. The summed E-state index contributed by atoms with van der Waals surface area (Å²) in [6.45, 7) is 10.1. The van der Waals surface area contributed by atoms with Crippen molar-refractivity contribution in [2.45, 2.75) is 64.0 Å². The average Bonchev–Trinajstić information content (AvgIpc) is 3.20. The van der Waals surface area contributed by atoms with Crippen LogP contribution in [0.3, 0.4) is 0 Å². The van der Waals surface area contributed by atoms with Crippen molar-refractivity contribution in [2.24, 2.45) is 0 Å². The summed E-state index contributed by atoms with van der Waals surface area (Å²) in [5.41, 5.74) is 0.635. The number of halogens is 2. The zero-order valence-electron chi connectivity index (χ0n) is 17.4. The molecule has 0 aromatic carbocycles. The van der Waals surface area contributed by atoms with Gasteiger partial charge in [-0.05, 0) is 44.0 Å². The summed E-state index contributed by atoms with van der Waals surface area (Å²) in [5.74, 6) is 1.01. The molecule has 2 aliphatic rings. The van der Waals surface area contributed by atoms with E-state index in [2.05, 4.69) is 51.1 Å². The van der Waals surface area contributed by atoms with Crippen molar-refractivity contribution in [3.05, 3.63) is 28.3 Å². The van der Waals surface area contributed by atoms with Crippen LogP contribution >= 0.6 is 23.2 Å². The molecule has 0 spiro atoms. The normalized spacial score (nSPS) is 20.8. The number of hydrogen-bond donors (Lipinski definition) is 0. The molecule has 1 saturated carbocycles. The molecule has 1 saturated heterocycles. The first kappa shape index (κ1) is 20.8. The Hall–Kier alpha value is -1.44. The summed E-state index contributed by atoms with van der Waals surface area (Å²) >= 11 is 12.8. The molecule has 0 unspecified atom stereocenters. The molecule has 2 aromatic rings. The Morgan fingerprint density at radius 1 is 0.931 bits per heavy atom. The average molecular weight is 438 g/mol. The molecule has 0 bridgehead atoms. The Bertz CT molecular complexity index is 827. The molecular formula is C20H29Cl2N7. The van der Waals surface area contributed by atoms with Gasteiger partial charge in [-0.2, -0.15) is 0 Å². The third-order valence-corrected chi connectivity index (χ3v) is 6.78. The van der Waals surface area contributed by atoms with Gasteiger partial charge in [0.25, 0.3) is 0 Å². The van der Waals surface area contributed by atoms with Crippen LogP contribution in [0.15, 0.2) is 12.4 Å². The first-order valence-corrected chi connectivity index (χ1v) is 11.2. The van der Waals surface area contributed by atoms with E-state index in [9.17, 15) is 0 Å². The Morgan fingerprint density at radius 3 is 2.14 bits per heavy atom. The van der Waals surface area contributed by atoms with Gasteiger partial charge in [0, 0.05) is 38.6 Å². The highest BCUT2D eigenvalue weighted by molar-refractivity contribution is 6.38. The highest BCUT2D eigenvalue weighted by Gasteiger charge is 2.46. The van der Waals surface area contributed by atoms with E-state index in [4.69, 9.17) is 23.2 Å². The number of rotatable bonds is 3. The zero-order valence-corrected chi connectivity index (χ0v) is 18.9. The van der Waals surface area contributed by atoms with Crippen molar-refractivity contribution in [3.8, 4) is 0 Å². The van der Waals surface area contributed by atoms with Crippen molar-refractivity contribution in [1.82, 2.24) is 30.1 Å². The maximum atomic E-state index is 6.40. The van der Waals surface area contributed by atoms with Gasteiger partial charge in [0.1, 0.15) is 0 Å². The van der Waals surface area contributed by atoms with Crippen molar-refractivity contribution in [1.29, 1.82) is 0 Å². The number of pyridine rings is 1. The second kappa shape index (κ2) is 8.00. The minimum absolute atomic E-state index is 0.104. The lowest BCUT2D eigenvalue weighted by Crippen LogP contribution is -2.57. The summed E-state index contributed by atoms with van der Waals surface area (Å²) in [7, 11) is 0. The lowest BCUT2D eigenvalue weighted by molar-refractivity contribution is 0.0263. The molecule has 0 N–H and O–H groups in total. The molecule has 29 heavy (non-hydrogen) atoms. The Labute approximate surface area is 182 Å². The zero-order chi connectivity index (χ0) is 20.6. The monoisotopic (exact) mass is 437 g/mol. The standard InChI is InChI=1S/C20H29Cl2N7/c1-19(2,3)29-18(24-25-26-29)20(7-5-4-6-8-20)28-11-9-27(10-12-28)17-15(21)13-23-14-16(17)22/h13-14H,4-12H2,1-3H3. The van der Waals surface area contributed by atoms with Crippen LogP contribution in [0.4, 0.5) is 5.69 Å². The topological polar surface area (TPSA) is 63.0 Å². The molecule has 0 amide bonds. The first-order valence-electron chi connectivity index (χ1n) is 10.4. The van der Waals surface area contributed by atoms with E-state index in [0.29, 0.717) is 10.0 Å². The molecule has 2 aromatic heterocycles. The minimum atomic E-state index is -0.150. The summed E-state index contributed by atoms with van der Waals surface area (Å²) in [4.78, 5) is 8.95. The summed E-state index contributed by atoms with van der Waals surface area (Å²) < 4.78 is 2.03. The molecule has 7 nitrogen and oxygen atoms in total. The number of anilines is 1. The summed E-state index contributed by atoms with van der Waals surface area (Å²) in [6.07, 6.45) is 9.21. The Morgan fingerprint density at radius 2 is 1.55 bits per heavy atom. The molecule has 9 heteroatoms. The molecule has 4 rings (SSSR count). The van der Waals surface area contributed by atoms with Crippen molar-refractivity contribution in [2.75, 3.05) is 31.1 Å². The molecule has 1 aliphatic heterocycles. The molecule has 0 radical (unpaired) electrons. The Kier molecular flexibility index (Phi) is 5.75. The molecule has 0 atom stereocenters. The number of piperazine rings is 1. The number of tetrazole rings is 1. The second-order valence-electron chi connectivity index (χ2n) is 9.10. The predicted octanol–water partition coefficient (Wildman–Crippen LogP) is 4.11. The van der Waals surface area contributed by atoms with E-state index in [1.54, 1.807) is 12.4 Å². The highest BCUT2D eigenvalue weighted by Crippen LogP contribution is 2.43. The first-order chi connectivity index (χ1) is 13.8. The van der Waals surface area contributed by atoms with Crippen molar-refractivity contribution >= 4 is 28.9 Å². The highest BCUT2D eigenvalue weighted by atomic mass is 35.5. The van der Waals surface area contributed by atoms with Crippen LogP contribution in [0, 0.1) is 0 Å². The maximum Gasteiger partial charge on any atom is 0.172 e. The van der Waals surface area contributed by atoms with E-state index in [1.807, 2.05) is 4.68 Å². The molecule has 1 aliphatic carbocycles. The third kappa shape index (κ3) is 3.84. The quantitative estimate of drug-likeness (QED) is 0.719. The second-order valence-corrected chi connectivity index (χ2v) is 9.92. The molecule has 158 valence electrons. The van der Waals surface area contributed by atoms with Crippen LogP contribution in [-0.2, 0) is 11.1 Å². The van der Waals surface area contributed by atoms with Crippen LogP contribution in [0.5, 0.6) is 0 Å². The van der Waals surface area contributed by atoms with Crippen LogP contribution in [0.1, 0.15) is 58.7 Å². The maximum absolute atomic E-state index is 6.40. The van der Waals surface area contributed by atoms with Crippen LogP contribution in [0.2, 0.25) is 10.0 Å². The van der Waals surface area contributed by atoms with Gasteiger partial charge in [-0.3, -0.25) is 9.88 Å². The molecule has 2 fully saturated rings. The van der Waals surface area contributed by atoms with E-state index < -0.39 is 0 Å². The van der Waals surface area contributed by atoms with Gasteiger partial charge >= 0.3 is 0 Å². The summed E-state index contributed by atoms with van der Waals surface area (Å²) in [6, 6.07) is 0.